The number of hydrogen-bond donors (Lipinski definition) is 1. The lowest BCUT2D eigenvalue weighted by Crippen LogP contribution is -2.20. The fraction of sp³-hybridized carbons (Fsp3) is 0.750. The summed E-state index contributed by atoms with van der Waals surface area (Å²) in [6.07, 6.45) is 8.86. The Kier molecular flexibility index (Phi) is 3.29. The van der Waals surface area contributed by atoms with Crippen molar-refractivity contribution in [3.05, 3.63) is 12.3 Å². The Balaban J connectivity index is 1.81. The van der Waals surface area contributed by atoms with Gasteiger partial charge in [0.25, 0.3) is 0 Å². The molecule has 3 nitrogen and oxygen atoms in total. The number of rotatable bonds is 4. The third-order valence-electron chi connectivity index (χ3n) is 3.38. The predicted octanol–water partition coefficient (Wildman–Crippen LogP) is 2.80. The van der Waals surface area contributed by atoms with Crippen LogP contribution in [0.5, 0.6) is 0 Å². The van der Waals surface area contributed by atoms with E-state index in [1.54, 1.807) is 0 Å². The van der Waals surface area contributed by atoms with E-state index < -0.39 is 0 Å². The molecule has 0 aromatic carbocycles. The van der Waals surface area contributed by atoms with Crippen LogP contribution in [0.15, 0.2) is 12.3 Å². The Morgan fingerprint density at radius 1 is 1.53 bits per heavy atom. The summed E-state index contributed by atoms with van der Waals surface area (Å²) in [5.74, 6) is 2.07. The zero-order valence-corrected chi connectivity index (χ0v) is 9.74. The number of aromatic nitrogens is 2. The lowest BCUT2D eigenvalue weighted by atomic mass is 9.99. The summed E-state index contributed by atoms with van der Waals surface area (Å²) >= 11 is 0. The van der Waals surface area contributed by atoms with Gasteiger partial charge >= 0.3 is 0 Å². The van der Waals surface area contributed by atoms with Gasteiger partial charge in [0.05, 0.1) is 6.20 Å². The Bertz CT molecular complexity index is 300. The van der Waals surface area contributed by atoms with Crippen molar-refractivity contribution in [2.24, 2.45) is 13.0 Å². The van der Waals surface area contributed by atoms with Crippen molar-refractivity contribution in [2.75, 3.05) is 5.32 Å². The first kappa shape index (κ1) is 10.5. The molecule has 1 aliphatic rings. The van der Waals surface area contributed by atoms with Crippen molar-refractivity contribution in [1.82, 2.24) is 9.78 Å². The number of aryl methyl sites for hydroxylation is 1. The van der Waals surface area contributed by atoms with E-state index >= 15 is 0 Å². The fourth-order valence-corrected chi connectivity index (χ4v) is 2.57. The van der Waals surface area contributed by atoms with Gasteiger partial charge in [-0.1, -0.05) is 25.7 Å². The normalized spacial score (nSPS) is 19.3. The maximum atomic E-state index is 4.16. The maximum absolute atomic E-state index is 4.16. The average Bonchev–Trinajstić information content (AvgIpc) is 2.79. The average molecular weight is 207 g/mol. The minimum absolute atomic E-state index is 0.559. The van der Waals surface area contributed by atoms with Gasteiger partial charge in [-0.3, -0.25) is 4.68 Å². The maximum Gasteiger partial charge on any atom is 0.124 e. The van der Waals surface area contributed by atoms with Gasteiger partial charge in [0.15, 0.2) is 0 Å². The molecule has 0 saturated heterocycles. The molecule has 1 heterocycles. The van der Waals surface area contributed by atoms with Crippen LogP contribution in [-0.4, -0.2) is 15.8 Å². The highest BCUT2D eigenvalue weighted by molar-refractivity contribution is 5.34. The summed E-state index contributed by atoms with van der Waals surface area (Å²) < 4.78 is 1.89. The minimum Gasteiger partial charge on any atom is -0.368 e. The van der Waals surface area contributed by atoms with E-state index in [1.165, 1.54) is 32.1 Å². The quantitative estimate of drug-likeness (QED) is 0.822. The second-order valence-electron chi connectivity index (χ2n) is 4.77. The summed E-state index contributed by atoms with van der Waals surface area (Å²) in [4.78, 5) is 0. The van der Waals surface area contributed by atoms with Crippen LogP contribution in [-0.2, 0) is 7.05 Å². The van der Waals surface area contributed by atoms with E-state index in [9.17, 15) is 0 Å². The minimum atomic E-state index is 0.559. The second kappa shape index (κ2) is 4.69. The molecule has 3 heteroatoms. The Morgan fingerprint density at radius 2 is 2.27 bits per heavy atom. The summed E-state index contributed by atoms with van der Waals surface area (Å²) in [6.45, 7) is 2.27. The van der Waals surface area contributed by atoms with Crippen LogP contribution < -0.4 is 5.32 Å². The molecule has 1 aromatic rings. The molecule has 2 rings (SSSR count). The van der Waals surface area contributed by atoms with Crippen LogP contribution in [0.1, 0.15) is 39.0 Å². The van der Waals surface area contributed by atoms with E-state index in [2.05, 4.69) is 17.3 Å². The molecule has 1 aromatic heterocycles. The molecule has 0 spiro atoms. The second-order valence-corrected chi connectivity index (χ2v) is 4.77. The van der Waals surface area contributed by atoms with E-state index in [1.807, 2.05) is 24.0 Å². The van der Waals surface area contributed by atoms with Gasteiger partial charge in [0.2, 0.25) is 0 Å². The molecule has 0 bridgehead atoms. The number of anilines is 1. The summed E-state index contributed by atoms with van der Waals surface area (Å²) in [5, 5.41) is 7.67. The molecule has 0 radical (unpaired) electrons. The van der Waals surface area contributed by atoms with Gasteiger partial charge in [-0.15, -0.1) is 0 Å². The highest BCUT2D eigenvalue weighted by atomic mass is 15.3. The molecule has 1 atom stereocenters. The van der Waals surface area contributed by atoms with Gasteiger partial charge in [0.1, 0.15) is 5.82 Å². The Hall–Kier alpha value is -0.990. The van der Waals surface area contributed by atoms with Gasteiger partial charge < -0.3 is 5.32 Å². The standard InChI is InChI=1S/C12H21N3/c1-10(9-11-5-3-4-6-11)14-12-7-8-13-15(12)2/h7-8,10-11,14H,3-6,9H2,1-2H3. The van der Waals surface area contributed by atoms with E-state index in [4.69, 9.17) is 0 Å². The van der Waals surface area contributed by atoms with E-state index in [0.717, 1.165) is 11.7 Å². The first-order chi connectivity index (χ1) is 7.25. The molecule has 15 heavy (non-hydrogen) atoms. The van der Waals surface area contributed by atoms with Gasteiger partial charge in [-0.2, -0.15) is 5.10 Å². The summed E-state index contributed by atoms with van der Waals surface area (Å²) in [5.41, 5.74) is 0. The van der Waals surface area contributed by atoms with Gasteiger partial charge in [-0.25, -0.2) is 0 Å². The van der Waals surface area contributed by atoms with Crippen molar-refractivity contribution in [2.45, 2.75) is 45.1 Å². The highest BCUT2D eigenvalue weighted by Gasteiger charge is 2.17. The lowest BCUT2D eigenvalue weighted by Gasteiger charge is -2.18. The molecule has 0 amide bonds. The van der Waals surface area contributed by atoms with Crippen molar-refractivity contribution < 1.29 is 0 Å². The van der Waals surface area contributed by atoms with Crippen LogP contribution in [0.2, 0.25) is 0 Å². The van der Waals surface area contributed by atoms with Gasteiger partial charge in [-0.05, 0) is 19.3 Å². The monoisotopic (exact) mass is 207 g/mol. The molecule has 1 N–H and O–H groups in total. The Morgan fingerprint density at radius 3 is 2.87 bits per heavy atom. The summed E-state index contributed by atoms with van der Waals surface area (Å²) in [7, 11) is 1.98. The fourth-order valence-electron chi connectivity index (χ4n) is 2.57. The van der Waals surface area contributed by atoms with Crippen LogP contribution in [0, 0.1) is 5.92 Å². The molecule has 0 aliphatic heterocycles. The van der Waals surface area contributed by atoms with Crippen molar-refractivity contribution >= 4 is 5.82 Å². The third-order valence-corrected chi connectivity index (χ3v) is 3.38. The molecule has 84 valence electrons. The van der Waals surface area contributed by atoms with Crippen LogP contribution in [0.4, 0.5) is 5.82 Å². The first-order valence-corrected chi connectivity index (χ1v) is 6.00. The van der Waals surface area contributed by atoms with Crippen LogP contribution in [0.25, 0.3) is 0 Å². The molecule has 1 fully saturated rings. The number of hydrogen-bond acceptors (Lipinski definition) is 2. The van der Waals surface area contributed by atoms with Gasteiger partial charge in [0, 0.05) is 19.2 Å². The smallest absolute Gasteiger partial charge is 0.124 e. The molecule has 1 saturated carbocycles. The largest absolute Gasteiger partial charge is 0.368 e. The SMILES string of the molecule is CC(CC1CCCC1)Nc1ccnn1C. The first-order valence-electron chi connectivity index (χ1n) is 6.00. The van der Waals surface area contributed by atoms with Crippen LogP contribution in [0.3, 0.4) is 0 Å². The lowest BCUT2D eigenvalue weighted by molar-refractivity contribution is 0.470. The van der Waals surface area contributed by atoms with Crippen molar-refractivity contribution in [3.63, 3.8) is 0 Å². The van der Waals surface area contributed by atoms with Crippen LogP contribution >= 0.6 is 0 Å². The third kappa shape index (κ3) is 2.74. The molecule has 1 aliphatic carbocycles. The zero-order chi connectivity index (χ0) is 10.7. The molecular weight excluding hydrogens is 186 g/mol. The summed E-state index contributed by atoms with van der Waals surface area (Å²) in [6, 6.07) is 2.59. The Labute approximate surface area is 91.9 Å². The molecule has 1 unspecified atom stereocenters. The van der Waals surface area contributed by atoms with E-state index in [-0.39, 0.29) is 0 Å². The van der Waals surface area contributed by atoms with Crippen molar-refractivity contribution in [3.8, 4) is 0 Å². The number of nitrogens with one attached hydrogen (secondary N) is 1. The molecular formula is C12H21N3. The topological polar surface area (TPSA) is 29.9 Å². The predicted molar refractivity (Wildman–Crippen MR) is 62.9 cm³/mol. The highest BCUT2D eigenvalue weighted by Crippen LogP contribution is 2.29. The zero-order valence-electron chi connectivity index (χ0n) is 9.74. The van der Waals surface area contributed by atoms with Crippen molar-refractivity contribution in [1.29, 1.82) is 0 Å². The van der Waals surface area contributed by atoms with E-state index in [0.29, 0.717) is 6.04 Å². The number of nitrogens with zero attached hydrogens (tertiary/aromatic N) is 2.